The molecular formula is C14H19N3O3S2. The van der Waals surface area contributed by atoms with Crippen LogP contribution in [0.3, 0.4) is 0 Å². The summed E-state index contributed by atoms with van der Waals surface area (Å²) in [6, 6.07) is 8.00. The van der Waals surface area contributed by atoms with E-state index in [9.17, 15) is 8.42 Å². The number of hydrogen-bond acceptors (Lipinski definition) is 6. The second-order valence-electron chi connectivity index (χ2n) is 5.22. The van der Waals surface area contributed by atoms with Gasteiger partial charge in [0.2, 0.25) is 15.9 Å². The fourth-order valence-corrected chi connectivity index (χ4v) is 3.24. The van der Waals surface area contributed by atoms with Crippen LogP contribution < -0.4 is 5.14 Å². The molecule has 0 amide bonds. The molecule has 0 saturated carbocycles. The number of rotatable bonds is 7. The van der Waals surface area contributed by atoms with E-state index in [1.165, 1.54) is 17.3 Å². The zero-order chi connectivity index (χ0) is 16.2. The second-order valence-corrected chi connectivity index (χ2v) is 8.00. The Bertz CT molecular complexity index is 709. The highest BCUT2D eigenvalue weighted by molar-refractivity contribution is 7.99. The molecule has 0 unspecified atom stereocenters. The van der Waals surface area contributed by atoms with Gasteiger partial charge in [-0.25, -0.2) is 13.6 Å². The van der Waals surface area contributed by atoms with Crippen molar-refractivity contribution in [1.29, 1.82) is 0 Å². The molecule has 8 heteroatoms. The zero-order valence-electron chi connectivity index (χ0n) is 12.5. The maximum absolute atomic E-state index is 10.8. The Balaban J connectivity index is 1.93. The van der Waals surface area contributed by atoms with E-state index in [2.05, 4.69) is 24.0 Å². The number of thioether (sulfide) groups is 1. The van der Waals surface area contributed by atoms with Gasteiger partial charge in [-0.2, -0.15) is 0 Å². The minimum atomic E-state index is -3.41. The molecule has 2 rings (SSSR count). The Hall–Kier alpha value is -1.38. The van der Waals surface area contributed by atoms with Crippen LogP contribution in [0, 0.1) is 0 Å². The van der Waals surface area contributed by atoms with Gasteiger partial charge in [-0.3, -0.25) is 0 Å². The molecule has 0 radical (unpaired) electrons. The fraction of sp³-hybridized carbons (Fsp3) is 0.429. The molecule has 0 bridgehead atoms. The van der Waals surface area contributed by atoms with E-state index in [1.807, 2.05) is 24.3 Å². The second kappa shape index (κ2) is 7.26. The summed E-state index contributed by atoms with van der Waals surface area (Å²) in [5.41, 5.74) is 2.12. The van der Waals surface area contributed by atoms with Crippen LogP contribution >= 0.6 is 11.8 Å². The summed E-state index contributed by atoms with van der Waals surface area (Å²) >= 11 is 1.32. The first-order chi connectivity index (χ1) is 10.3. The lowest BCUT2D eigenvalue weighted by molar-refractivity contribution is 0.466. The molecule has 1 heterocycles. The summed E-state index contributed by atoms with van der Waals surface area (Å²) in [5.74, 6) is 1.45. The van der Waals surface area contributed by atoms with Crippen molar-refractivity contribution in [1.82, 2.24) is 10.2 Å². The molecule has 0 aliphatic rings. The lowest BCUT2D eigenvalue weighted by Gasteiger charge is -2.04. The van der Waals surface area contributed by atoms with Crippen molar-refractivity contribution in [3.63, 3.8) is 0 Å². The minimum absolute atomic E-state index is 0.0440. The van der Waals surface area contributed by atoms with Crippen LogP contribution in [0.1, 0.15) is 31.7 Å². The Morgan fingerprint density at radius 3 is 2.50 bits per heavy atom. The predicted octanol–water partition coefficient (Wildman–Crippen LogP) is 2.63. The molecule has 22 heavy (non-hydrogen) atoms. The van der Waals surface area contributed by atoms with Crippen LogP contribution in [0.25, 0.3) is 11.5 Å². The third-order valence-corrected chi connectivity index (χ3v) is 4.79. The molecule has 1 aromatic heterocycles. The highest BCUT2D eigenvalue weighted by Crippen LogP contribution is 2.25. The number of benzene rings is 1. The van der Waals surface area contributed by atoms with E-state index in [-0.39, 0.29) is 5.75 Å². The number of nitrogens with two attached hydrogens (primary N) is 1. The molecule has 1 aromatic carbocycles. The van der Waals surface area contributed by atoms with E-state index in [0.29, 0.717) is 29.2 Å². The third kappa shape index (κ3) is 5.11. The quantitative estimate of drug-likeness (QED) is 0.614. The standard InChI is InChI=1S/C14H19N3O3S2/c1-10(2)11-4-6-12(7-5-11)13-16-17-14(20-13)21-8-3-9-22(15,18)19/h4-7,10H,3,8-9H2,1-2H3,(H2,15,18,19). The normalized spacial score (nSPS) is 12.0. The molecular weight excluding hydrogens is 322 g/mol. The van der Waals surface area contributed by atoms with E-state index < -0.39 is 10.0 Å². The van der Waals surface area contributed by atoms with E-state index in [4.69, 9.17) is 9.56 Å². The van der Waals surface area contributed by atoms with Crippen molar-refractivity contribution in [2.45, 2.75) is 31.4 Å². The van der Waals surface area contributed by atoms with Gasteiger partial charge in [0.25, 0.3) is 5.22 Å². The molecule has 6 nitrogen and oxygen atoms in total. The van der Waals surface area contributed by atoms with Crippen molar-refractivity contribution in [3.8, 4) is 11.5 Å². The Morgan fingerprint density at radius 2 is 1.91 bits per heavy atom. The lowest BCUT2D eigenvalue weighted by atomic mass is 10.0. The predicted molar refractivity (Wildman–Crippen MR) is 87.1 cm³/mol. The summed E-state index contributed by atoms with van der Waals surface area (Å²) in [6.07, 6.45) is 0.449. The van der Waals surface area contributed by atoms with Crippen molar-refractivity contribution >= 4 is 21.8 Å². The Kier molecular flexibility index (Phi) is 5.60. The molecule has 0 aliphatic heterocycles. The van der Waals surface area contributed by atoms with Crippen LogP contribution in [-0.4, -0.2) is 30.1 Å². The van der Waals surface area contributed by atoms with Crippen LogP contribution in [-0.2, 0) is 10.0 Å². The average molecular weight is 341 g/mol. The van der Waals surface area contributed by atoms with Gasteiger partial charge in [-0.05, 0) is 30.0 Å². The smallest absolute Gasteiger partial charge is 0.276 e. The third-order valence-electron chi connectivity index (χ3n) is 3.03. The van der Waals surface area contributed by atoms with Crippen molar-refractivity contribution < 1.29 is 12.8 Å². The zero-order valence-corrected chi connectivity index (χ0v) is 14.2. The molecule has 0 atom stereocenters. The average Bonchev–Trinajstić information content (AvgIpc) is 2.91. The highest BCUT2D eigenvalue weighted by atomic mass is 32.2. The van der Waals surface area contributed by atoms with E-state index >= 15 is 0 Å². The largest absolute Gasteiger partial charge is 0.411 e. The molecule has 2 aromatic rings. The van der Waals surface area contributed by atoms with Crippen LogP contribution in [0.2, 0.25) is 0 Å². The van der Waals surface area contributed by atoms with Gasteiger partial charge in [-0.1, -0.05) is 37.7 Å². The van der Waals surface area contributed by atoms with Crippen LogP contribution in [0.15, 0.2) is 33.9 Å². The Morgan fingerprint density at radius 1 is 1.23 bits per heavy atom. The molecule has 0 spiro atoms. The van der Waals surface area contributed by atoms with Gasteiger partial charge in [0.1, 0.15) is 0 Å². The summed E-state index contributed by atoms with van der Waals surface area (Å²) in [5, 5.41) is 13.3. The van der Waals surface area contributed by atoms with E-state index in [1.54, 1.807) is 0 Å². The summed E-state index contributed by atoms with van der Waals surface area (Å²) in [6.45, 7) is 4.27. The fourth-order valence-electron chi connectivity index (χ4n) is 1.81. The highest BCUT2D eigenvalue weighted by Gasteiger charge is 2.10. The van der Waals surface area contributed by atoms with Gasteiger partial charge < -0.3 is 4.42 Å². The summed E-state index contributed by atoms with van der Waals surface area (Å²) in [7, 11) is -3.41. The SMILES string of the molecule is CC(C)c1ccc(-c2nnc(SCCCS(N)(=O)=O)o2)cc1. The van der Waals surface area contributed by atoms with Crippen molar-refractivity contribution in [3.05, 3.63) is 29.8 Å². The van der Waals surface area contributed by atoms with Crippen molar-refractivity contribution in [2.24, 2.45) is 5.14 Å². The molecule has 0 saturated heterocycles. The first-order valence-corrected chi connectivity index (χ1v) is 9.62. The van der Waals surface area contributed by atoms with Gasteiger partial charge in [0.15, 0.2) is 0 Å². The first-order valence-electron chi connectivity index (χ1n) is 6.92. The number of nitrogens with zero attached hydrogens (tertiary/aromatic N) is 2. The maximum atomic E-state index is 10.8. The van der Waals surface area contributed by atoms with E-state index in [0.717, 1.165) is 5.56 Å². The number of aromatic nitrogens is 2. The van der Waals surface area contributed by atoms with Gasteiger partial charge in [0, 0.05) is 11.3 Å². The van der Waals surface area contributed by atoms with Crippen LogP contribution in [0.4, 0.5) is 0 Å². The molecule has 0 aliphatic carbocycles. The topological polar surface area (TPSA) is 99.1 Å². The summed E-state index contributed by atoms with van der Waals surface area (Å²) in [4.78, 5) is 0. The minimum Gasteiger partial charge on any atom is -0.411 e. The van der Waals surface area contributed by atoms with Gasteiger partial charge >= 0.3 is 0 Å². The molecule has 120 valence electrons. The van der Waals surface area contributed by atoms with Crippen LogP contribution in [0.5, 0.6) is 0 Å². The monoisotopic (exact) mass is 341 g/mol. The first kappa shape index (κ1) is 17.0. The number of primary sulfonamides is 1. The summed E-state index contributed by atoms with van der Waals surface area (Å²) < 4.78 is 27.2. The number of sulfonamides is 1. The lowest BCUT2D eigenvalue weighted by Crippen LogP contribution is -2.16. The van der Waals surface area contributed by atoms with Gasteiger partial charge in [-0.15, -0.1) is 10.2 Å². The Labute approximate surface area is 134 Å². The molecule has 0 fully saturated rings. The number of hydrogen-bond donors (Lipinski definition) is 1. The van der Waals surface area contributed by atoms with Gasteiger partial charge in [0.05, 0.1) is 5.75 Å². The maximum Gasteiger partial charge on any atom is 0.276 e. The molecule has 2 N–H and O–H groups in total. The van der Waals surface area contributed by atoms with Crippen molar-refractivity contribution in [2.75, 3.05) is 11.5 Å².